The Morgan fingerprint density at radius 3 is 2.83 bits per heavy atom. The third-order valence-electron chi connectivity index (χ3n) is 9.22. The van der Waals surface area contributed by atoms with Crippen molar-refractivity contribution in [3.05, 3.63) is 29.5 Å². The average Bonchev–Trinajstić information content (AvgIpc) is 3.28. The molecule has 5 nitrogen and oxygen atoms in total. The van der Waals surface area contributed by atoms with Crippen LogP contribution in [-0.2, 0) is 11.3 Å². The van der Waals surface area contributed by atoms with Crippen molar-refractivity contribution in [3.63, 3.8) is 0 Å². The van der Waals surface area contributed by atoms with Gasteiger partial charge in [-0.3, -0.25) is 0 Å². The van der Waals surface area contributed by atoms with Crippen LogP contribution in [-0.4, -0.2) is 28.5 Å². The average molecular weight is 413 g/mol. The lowest BCUT2D eigenvalue weighted by molar-refractivity contribution is -0.0722. The Bertz CT molecular complexity index is 858. The summed E-state index contributed by atoms with van der Waals surface area (Å²) in [6.45, 7) is 7.24. The Labute approximate surface area is 180 Å². The largest absolute Gasteiger partial charge is 0.446 e. The summed E-state index contributed by atoms with van der Waals surface area (Å²) in [5, 5.41) is 15.1. The van der Waals surface area contributed by atoms with Gasteiger partial charge in [-0.1, -0.05) is 24.6 Å². The van der Waals surface area contributed by atoms with E-state index in [0.29, 0.717) is 30.3 Å². The van der Waals surface area contributed by atoms with Gasteiger partial charge in [-0.15, -0.1) is 0 Å². The Morgan fingerprint density at radius 1 is 1.17 bits per heavy atom. The summed E-state index contributed by atoms with van der Waals surface area (Å²) in [6.07, 6.45) is 14.0. The number of oxime groups is 1. The first-order valence-electron chi connectivity index (χ1n) is 11.9. The number of hydrogen-bond acceptors (Lipinski definition) is 5. The molecule has 1 aromatic heterocycles. The van der Waals surface area contributed by atoms with Crippen molar-refractivity contribution < 1.29 is 14.4 Å². The van der Waals surface area contributed by atoms with Gasteiger partial charge in [-0.2, -0.15) is 0 Å². The highest BCUT2D eigenvalue weighted by Gasteiger charge is 2.58. The van der Waals surface area contributed by atoms with E-state index in [2.05, 4.69) is 30.1 Å². The van der Waals surface area contributed by atoms with E-state index < -0.39 is 0 Å². The van der Waals surface area contributed by atoms with E-state index in [1.165, 1.54) is 38.5 Å². The fraction of sp³-hybridized carbons (Fsp3) is 0.760. The van der Waals surface area contributed by atoms with Crippen LogP contribution in [0.2, 0.25) is 0 Å². The molecule has 1 aromatic rings. The number of aliphatic hydroxyl groups is 1. The summed E-state index contributed by atoms with van der Waals surface area (Å²) in [5.74, 6) is 3.80. The fourth-order valence-electron chi connectivity index (χ4n) is 7.41. The normalized spacial score (nSPS) is 41.7. The van der Waals surface area contributed by atoms with E-state index >= 15 is 0 Å². The molecule has 0 bridgehead atoms. The first kappa shape index (κ1) is 20.3. The van der Waals surface area contributed by atoms with Crippen LogP contribution in [0.15, 0.2) is 27.4 Å². The summed E-state index contributed by atoms with van der Waals surface area (Å²) in [7, 11) is 0. The Morgan fingerprint density at radius 2 is 2.03 bits per heavy atom. The van der Waals surface area contributed by atoms with E-state index in [9.17, 15) is 5.11 Å². The summed E-state index contributed by atoms with van der Waals surface area (Å²) in [4.78, 5) is 9.73. The molecule has 3 unspecified atom stereocenters. The molecule has 4 aliphatic rings. The number of nitrogens with zero attached hydrogens (tertiary/aromatic N) is 2. The van der Waals surface area contributed by atoms with Crippen LogP contribution in [0.4, 0.5) is 0 Å². The molecular formula is C25H36N2O3. The number of fused-ring (bicyclic) bond motifs is 5. The van der Waals surface area contributed by atoms with Gasteiger partial charge in [-0.25, -0.2) is 4.98 Å². The van der Waals surface area contributed by atoms with Crippen molar-refractivity contribution in [1.29, 1.82) is 0 Å². The molecule has 0 spiro atoms. The minimum absolute atomic E-state index is 0.0868. The third kappa shape index (κ3) is 3.24. The summed E-state index contributed by atoms with van der Waals surface area (Å²) in [5.41, 5.74) is 3.14. The molecule has 4 aliphatic carbocycles. The van der Waals surface area contributed by atoms with E-state index in [1.54, 1.807) is 11.8 Å². The van der Waals surface area contributed by atoms with Gasteiger partial charge in [0.25, 0.3) is 0 Å². The zero-order chi connectivity index (χ0) is 20.9. The molecular weight excluding hydrogens is 376 g/mol. The molecule has 3 fully saturated rings. The SMILES string of the molecule is Cc1ncc(CCO/N=C2\C=C3CCC4C(CC[C@@]5(C)C4CC[C@@H]5O)[C@@]3(C)CC2)o1. The fourth-order valence-corrected chi connectivity index (χ4v) is 7.41. The van der Waals surface area contributed by atoms with E-state index in [-0.39, 0.29) is 11.5 Å². The third-order valence-corrected chi connectivity index (χ3v) is 9.22. The van der Waals surface area contributed by atoms with Crippen molar-refractivity contribution in [1.82, 2.24) is 4.98 Å². The van der Waals surface area contributed by atoms with Crippen LogP contribution < -0.4 is 0 Å². The topological polar surface area (TPSA) is 67.9 Å². The molecule has 0 saturated heterocycles. The molecule has 0 aliphatic heterocycles. The number of aromatic nitrogens is 1. The monoisotopic (exact) mass is 412 g/mol. The lowest BCUT2D eigenvalue weighted by Gasteiger charge is -2.57. The van der Waals surface area contributed by atoms with Crippen molar-refractivity contribution in [2.75, 3.05) is 6.61 Å². The van der Waals surface area contributed by atoms with Gasteiger partial charge in [0.2, 0.25) is 0 Å². The van der Waals surface area contributed by atoms with Crippen molar-refractivity contribution in [2.45, 2.75) is 84.7 Å². The Balaban J connectivity index is 1.26. The number of allylic oxidation sites excluding steroid dienone is 2. The van der Waals surface area contributed by atoms with E-state index in [1.807, 2.05) is 6.92 Å². The zero-order valence-electron chi connectivity index (χ0n) is 18.7. The van der Waals surface area contributed by atoms with E-state index in [4.69, 9.17) is 9.25 Å². The molecule has 6 atom stereocenters. The molecule has 30 heavy (non-hydrogen) atoms. The molecule has 0 radical (unpaired) electrons. The van der Waals surface area contributed by atoms with Crippen molar-refractivity contribution >= 4 is 5.71 Å². The summed E-state index contributed by atoms with van der Waals surface area (Å²) in [6, 6.07) is 0. The van der Waals surface area contributed by atoms with Gasteiger partial charge in [0.05, 0.1) is 18.0 Å². The maximum Gasteiger partial charge on any atom is 0.191 e. The Kier molecular flexibility index (Phi) is 5.08. The van der Waals surface area contributed by atoms with Crippen LogP contribution in [0.3, 0.4) is 0 Å². The van der Waals surface area contributed by atoms with Crippen LogP contribution in [0.1, 0.15) is 76.9 Å². The minimum atomic E-state index is -0.0868. The van der Waals surface area contributed by atoms with Crippen LogP contribution >= 0.6 is 0 Å². The molecule has 5 heteroatoms. The molecule has 164 valence electrons. The lowest BCUT2D eigenvalue weighted by Crippen LogP contribution is -2.51. The minimum Gasteiger partial charge on any atom is -0.446 e. The van der Waals surface area contributed by atoms with Crippen molar-refractivity contribution in [2.24, 2.45) is 33.7 Å². The second kappa shape index (κ2) is 7.51. The molecule has 1 heterocycles. The van der Waals surface area contributed by atoms with Crippen LogP contribution in [0.5, 0.6) is 0 Å². The Hall–Kier alpha value is -1.62. The van der Waals surface area contributed by atoms with Gasteiger partial charge in [0, 0.05) is 13.3 Å². The van der Waals surface area contributed by atoms with Gasteiger partial charge in [-0.05, 0) is 86.0 Å². The van der Waals surface area contributed by atoms with Crippen LogP contribution in [0, 0.1) is 35.5 Å². The second-order valence-electron chi connectivity index (χ2n) is 10.7. The van der Waals surface area contributed by atoms with E-state index in [0.717, 1.165) is 36.1 Å². The van der Waals surface area contributed by atoms with Crippen molar-refractivity contribution in [3.8, 4) is 0 Å². The lowest BCUT2D eigenvalue weighted by atomic mass is 9.47. The molecule has 3 saturated carbocycles. The number of rotatable bonds is 4. The number of hydrogen-bond donors (Lipinski definition) is 1. The zero-order valence-corrected chi connectivity index (χ0v) is 18.7. The molecule has 0 aromatic carbocycles. The first-order valence-corrected chi connectivity index (χ1v) is 11.9. The predicted octanol–water partition coefficient (Wildman–Crippen LogP) is 5.22. The second-order valence-corrected chi connectivity index (χ2v) is 10.7. The molecule has 5 rings (SSSR count). The van der Waals surface area contributed by atoms with Gasteiger partial charge in [0.15, 0.2) is 5.89 Å². The van der Waals surface area contributed by atoms with Crippen LogP contribution in [0.25, 0.3) is 0 Å². The van der Waals surface area contributed by atoms with Gasteiger partial charge in [0.1, 0.15) is 12.4 Å². The summed E-state index contributed by atoms with van der Waals surface area (Å²) >= 11 is 0. The smallest absolute Gasteiger partial charge is 0.191 e. The quantitative estimate of drug-likeness (QED) is 0.544. The van der Waals surface area contributed by atoms with Gasteiger partial charge < -0.3 is 14.4 Å². The highest BCUT2D eigenvalue weighted by Crippen LogP contribution is 2.65. The predicted molar refractivity (Wildman–Crippen MR) is 116 cm³/mol. The molecule has 0 amide bonds. The molecule has 1 N–H and O–H groups in total. The number of aryl methyl sites for hydroxylation is 1. The standard InChI is InChI=1S/C25H36N2O3/c1-16-26-15-19(30-16)10-13-29-27-18-8-11-24(2)17(14-18)4-5-20-21-6-7-23(28)25(21,3)12-9-22(20)24/h14-15,20-23,28H,4-13H2,1-3H3/b27-18-/t20?,21?,22?,23-,24-,25-/m0/s1. The first-order chi connectivity index (χ1) is 14.4. The highest BCUT2D eigenvalue weighted by atomic mass is 16.6. The number of aliphatic hydroxyl groups excluding tert-OH is 1. The number of oxazole rings is 1. The maximum atomic E-state index is 10.6. The highest BCUT2D eigenvalue weighted by molar-refractivity contribution is 5.96. The summed E-state index contributed by atoms with van der Waals surface area (Å²) < 4.78 is 5.49. The maximum absolute atomic E-state index is 10.6. The van der Waals surface area contributed by atoms with Gasteiger partial charge >= 0.3 is 0 Å².